The molecule has 5 heterocycles. The highest BCUT2D eigenvalue weighted by Gasteiger charge is 2.37. The van der Waals surface area contributed by atoms with Crippen molar-refractivity contribution in [3.8, 4) is 55.9 Å². The average molecular weight is 670 g/mol. The second-order valence-electron chi connectivity index (χ2n) is 13.9. The minimum atomic E-state index is -1.84. The molecule has 0 bridgehead atoms. The van der Waals surface area contributed by atoms with Crippen LogP contribution in [0.2, 0.25) is 13.1 Å². The molecule has 0 aliphatic carbocycles. The Hall–Kier alpha value is -6.37. The van der Waals surface area contributed by atoms with Crippen molar-refractivity contribution >= 4 is 51.2 Å². The molecule has 9 aromatic rings. The molecule has 0 radical (unpaired) electrons. The van der Waals surface area contributed by atoms with Gasteiger partial charge in [-0.3, -0.25) is 15.0 Å². The quantitative estimate of drug-likeness (QED) is 0.138. The predicted octanol–water partition coefficient (Wildman–Crippen LogP) is 9.59. The van der Waals surface area contributed by atoms with Crippen molar-refractivity contribution in [3.63, 3.8) is 0 Å². The molecule has 0 spiro atoms. The lowest BCUT2D eigenvalue weighted by Crippen LogP contribution is -2.49. The fourth-order valence-electron chi connectivity index (χ4n) is 7.73. The van der Waals surface area contributed by atoms with E-state index >= 15 is 0 Å². The van der Waals surface area contributed by atoms with Gasteiger partial charge in [-0.05, 0) is 86.7 Å². The molecule has 0 unspecified atom stereocenters. The maximum absolute atomic E-state index is 4.95. The third-order valence-electron chi connectivity index (χ3n) is 10.5. The van der Waals surface area contributed by atoms with Gasteiger partial charge in [-0.25, -0.2) is 0 Å². The Kier molecular flexibility index (Phi) is 6.56. The first-order chi connectivity index (χ1) is 25.0. The Balaban J connectivity index is 1.08. The van der Waals surface area contributed by atoms with Crippen molar-refractivity contribution in [1.82, 2.24) is 25.1 Å². The zero-order valence-corrected chi connectivity index (χ0v) is 29.2. The van der Waals surface area contributed by atoms with E-state index in [4.69, 9.17) is 9.97 Å². The number of hydrogen-bond donors (Lipinski definition) is 0. The highest BCUT2D eigenvalue weighted by atomic mass is 28.3. The largest absolute Gasteiger partial charge is 0.256 e. The minimum Gasteiger partial charge on any atom is -0.256 e. The number of hydrogen-bond acceptors (Lipinski definition) is 5. The van der Waals surface area contributed by atoms with Crippen LogP contribution in [0.3, 0.4) is 0 Å². The summed E-state index contributed by atoms with van der Waals surface area (Å²) in [4.78, 5) is 14.3. The van der Waals surface area contributed by atoms with Crippen LogP contribution in [0, 0.1) is 0 Å². The van der Waals surface area contributed by atoms with Gasteiger partial charge in [0, 0.05) is 51.4 Å². The van der Waals surface area contributed by atoms with Gasteiger partial charge in [-0.2, -0.15) is 0 Å². The molecule has 51 heavy (non-hydrogen) atoms. The zero-order chi connectivity index (χ0) is 34.1. The van der Waals surface area contributed by atoms with Gasteiger partial charge in [0.25, 0.3) is 0 Å². The van der Waals surface area contributed by atoms with Crippen molar-refractivity contribution < 1.29 is 0 Å². The van der Waals surface area contributed by atoms with Crippen molar-refractivity contribution in [2.24, 2.45) is 0 Å². The van der Waals surface area contributed by atoms with E-state index in [2.05, 4.69) is 137 Å². The minimum absolute atomic E-state index is 0.842. The monoisotopic (exact) mass is 669 g/mol. The van der Waals surface area contributed by atoms with Gasteiger partial charge in [0.15, 0.2) is 0 Å². The van der Waals surface area contributed by atoms with Gasteiger partial charge in [0.2, 0.25) is 0 Å². The maximum atomic E-state index is 4.95. The molecule has 1 aliphatic rings. The molecule has 5 aromatic carbocycles. The average Bonchev–Trinajstić information content (AvgIpc) is 3.42. The molecule has 5 nitrogen and oxygen atoms in total. The van der Waals surface area contributed by atoms with Crippen LogP contribution >= 0.6 is 0 Å². The van der Waals surface area contributed by atoms with Crippen LogP contribution in [-0.2, 0) is 0 Å². The lowest BCUT2D eigenvalue weighted by Gasteiger charge is -2.19. The summed E-state index contributed by atoms with van der Waals surface area (Å²) < 4.78 is 0. The molecular formula is C45H31N5Si. The summed E-state index contributed by atoms with van der Waals surface area (Å²) in [6.07, 6.45) is 5.68. The molecule has 10 rings (SSSR count). The molecule has 0 amide bonds. The van der Waals surface area contributed by atoms with Crippen LogP contribution in [0.15, 0.2) is 152 Å². The number of pyridine rings is 3. The van der Waals surface area contributed by atoms with E-state index < -0.39 is 8.07 Å². The van der Waals surface area contributed by atoms with Crippen molar-refractivity contribution in [3.05, 3.63) is 152 Å². The Labute approximate surface area is 296 Å². The summed E-state index contributed by atoms with van der Waals surface area (Å²) in [6.45, 7) is 4.93. The number of benzene rings is 5. The first-order valence-corrected chi connectivity index (χ1v) is 20.2. The van der Waals surface area contributed by atoms with Crippen molar-refractivity contribution in [2.75, 3.05) is 0 Å². The lowest BCUT2D eigenvalue weighted by atomic mass is 9.94. The first kappa shape index (κ1) is 29.5. The molecular weight excluding hydrogens is 639 g/mol. The number of aromatic nitrogens is 5. The normalized spacial score (nSPS) is 13.1. The second-order valence-corrected chi connectivity index (χ2v) is 18.2. The predicted molar refractivity (Wildman–Crippen MR) is 212 cm³/mol. The molecule has 4 aromatic heterocycles. The standard InChI is InChI=1S/C45H31N5Si/c1-51(2)42-12-6-4-10-37(42)38-17-15-29(25-43(38)51)33-21-34(23-35(22-33)41-24-30-8-3-5-11-40(30)49-50-41)32-16-18-39(47-26-32)36-20-31-14-13-28-9-7-19-46-44(28)45(31)48-27-36/h3-27H,1-2H3. The lowest BCUT2D eigenvalue weighted by molar-refractivity contribution is 1.08. The van der Waals surface area contributed by atoms with Gasteiger partial charge in [0.05, 0.1) is 27.9 Å². The smallest absolute Gasteiger partial charge is 0.113 e. The van der Waals surface area contributed by atoms with Gasteiger partial charge in [0.1, 0.15) is 8.07 Å². The zero-order valence-electron chi connectivity index (χ0n) is 28.2. The highest BCUT2D eigenvalue weighted by Crippen LogP contribution is 2.36. The summed E-state index contributed by atoms with van der Waals surface area (Å²) in [5, 5.41) is 15.4. The summed E-state index contributed by atoms with van der Waals surface area (Å²) in [7, 11) is -1.84. The summed E-state index contributed by atoms with van der Waals surface area (Å²) in [5.74, 6) is 0. The van der Waals surface area contributed by atoms with Crippen LogP contribution in [0.5, 0.6) is 0 Å². The molecule has 6 heteroatoms. The Morgan fingerprint density at radius 3 is 2.04 bits per heavy atom. The highest BCUT2D eigenvalue weighted by molar-refractivity contribution is 7.03. The fraction of sp³-hybridized carbons (Fsp3) is 0.0444. The van der Waals surface area contributed by atoms with E-state index in [-0.39, 0.29) is 0 Å². The van der Waals surface area contributed by atoms with E-state index in [1.54, 1.807) is 0 Å². The molecule has 0 saturated heterocycles. The van der Waals surface area contributed by atoms with Crippen LogP contribution in [0.25, 0.3) is 88.6 Å². The molecule has 0 fully saturated rings. The molecule has 0 N–H and O–H groups in total. The molecule has 0 saturated carbocycles. The van der Waals surface area contributed by atoms with E-state index in [1.165, 1.54) is 27.1 Å². The summed E-state index contributed by atoms with van der Waals surface area (Å²) in [6, 6.07) is 47.6. The van der Waals surface area contributed by atoms with Crippen molar-refractivity contribution in [2.45, 2.75) is 13.1 Å². The van der Waals surface area contributed by atoms with Crippen molar-refractivity contribution in [1.29, 1.82) is 0 Å². The Bertz CT molecular complexity index is 2840. The van der Waals surface area contributed by atoms with Gasteiger partial charge >= 0.3 is 0 Å². The van der Waals surface area contributed by atoms with Crippen LogP contribution < -0.4 is 10.4 Å². The first-order valence-electron chi connectivity index (χ1n) is 17.2. The molecule has 0 atom stereocenters. The van der Waals surface area contributed by atoms with Crippen LogP contribution in [0.4, 0.5) is 0 Å². The number of nitrogens with zero attached hydrogens (tertiary/aromatic N) is 5. The van der Waals surface area contributed by atoms with Gasteiger partial charge < -0.3 is 0 Å². The SMILES string of the molecule is C[Si]1(C)c2ccccc2-c2ccc(-c3cc(-c4ccc(-c5cnc6c(ccc7cccnc76)c5)nc4)cc(-c4cc5ccccc5nn4)c3)cc21. The molecule has 1 aliphatic heterocycles. The van der Waals surface area contributed by atoms with Gasteiger partial charge in [-0.1, -0.05) is 98.0 Å². The van der Waals surface area contributed by atoms with Crippen LogP contribution in [-0.4, -0.2) is 33.2 Å². The Morgan fingerprint density at radius 2 is 1.14 bits per heavy atom. The summed E-state index contributed by atoms with van der Waals surface area (Å²) >= 11 is 0. The van der Waals surface area contributed by atoms with E-state index in [1.807, 2.05) is 42.9 Å². The van der Waals surface area contributed by atoms with E-state index in [0.717, 1.165) is 71.9 Å². The molecule has 240 valence electrons. The van der Waals surface area contributed by atoms with Gasteiger partial charge in [-0.15, -0.1) is 10.2 Å². The third-order valence-corrected chi connectivity index (χ3v) is 14.0. The summed E-state index contributed by atoms with van der Waals surface area (Å²) in [5.41, 5.74) is 13.6. The third kappa shape index (κ3) is 4.87. The topological polar surface area (TPSA) is 64.5 Å². The number of rotatable bonds is 4. The van der Waals surface area contributed by atoms with E-state index in [9.17, 15) is 0 Å². The van der Waals surface area contributed by atoms with E-state index in [0.29, 0.717) is 0 Å². The Morgan fingerprint density at radius 1 is 0.412 bits per heavy atom. The van der Waals surface area contributed by atoms with Crippen LogP contribution in [0.1, 0.15) is 0 Å². The second kappa shape index (κ2) is 11.3. The fourth-order valence-corrected chi connectivity index (χ4v) is 10.8. The number of fused-ring (bicyclic) bond motifs is 7. The maximum Gasteiger partial charge on any atom is 0.113 e.